The summed E-state index contributed by atoms with van der Waals surface area (Å²) < 4.78 is 27.0. The lowest BCUT2D eigenvalue weighted by atomic mass is 10.1. The monoisotopic (exact) mass is 273 g/mol. The van der Waals surface area contributed by atoms with Crippen molar-refractivity contribution in [3.05, 3.63) is 64.7 Å². The smallest absolute Gasteiger partial charge is 0.128 e. The molecule has 0 amide bonds. The van der Waals surface area contributed by atoms with Crippen LogP contribution in [0.5, 0.6) is 0 Å². The van der Waals surface area contributed by atoms with E-state index in [-0.39, 0.29) is 11.9 Å². The van der Waals surface area contributed by atoms with Crippen molar-refractivity contribution < 1.29 is 8.78 Å². The molecule has 1 aliphatic carbocycles. The van der Waals surface area contributed by atoms with Gasteiger partial charge in [-0.1, -0.05) is 6.07 Å². The van der Waals surface area contributed by atoms with Crippen molar-refractivity contribution in [2.45, 2.75) is 32.2 Å². The zero-order chi connectivity index (χ0) is 14.1. The summed E-state index contributed by atoms with van der Waals surface area (Å²) in [5.41, 5.74) is 4.08. The lowest BCUT2D eigenvalue weighted by Crippen LogP contribution is -2.09. The Hall–Kier alpha value is -1.90. The Kier molecular flexibility index (Phi) is 3.43. The predicted molar refractivity (Wildman–Crippen MR) is 76.9 cm³/mol. The molecule has 0 heterocycles. The third-order valence-corrected chi connectivity index (χ3v) is 3.91. The molecule has 0 aliphatic heterocycles. The fourth-order valence-corrected chi connectivity index (χ4v) is 2.84. The third kappa shape index (κ3) is 2.53. The molecule has 0 aromatic heterocycles. The first-order valence-corrected chi connectivity index (χ1v) is 6.97. The van der Waals surface area contributed by atoms with Crippen LogP contribution >= 0.6 is 0 Å². The van der Waals surface area contributed by atoms with Crippen molar-refractivity contribution in [1.82, 2.24) is 0 Å². The van der Waals surface area contributed by atoms with Crippen molar-refractivity contribution in [3.8, 4) is 0 Å². The number of hydrogen-bond donors (Lipinski definition) is 1. The first kappa shape index (κ1) is 13.1. The third-order valence-electron chi connectivity index (χ3n) is 3.91. The van der Waals surface area contributed by atoms with Gasteiger partial charge >= 0.3 is 0 Å². The highest BCUT2D eigenvalue weighted by atomic mass is 19.1. The van der Waals surface area contributed by atoms with Gasteiger partial charge in [-0.15, -0.1) is 0 Å². The Balaban J connectivity index is 1.82. The molecule has 0 bridgehead atoms. The normalized spacial score (nSPS) is 14.9. The van der Waals surface area contributed by atoms with E-state index in [2.05, 4.69) is 17.4 Å². The van der Waals surface area contributed by atoms with E-state index in [1.54, 1.807) is 0 Å². The van der Waals surface area contributed by atoms with E-state index in [9.17, 15) is 8.78 Å². The summed E-state index contributed by atoms with van der Waals surface area (Å²) in [6.07, 6.45) is 3.45. The van der Waals surface area contributed by atoms with E-state index < -0.39 is 5.82 Å². The molecule has 0 fully saturated rings. The number of hydrogen-bond acceptors (Lipinski definition) is 1. The van der Waals surface area contributed by atoms with Crippen LogP contribution in [-0.4, -0.2) is 0 Å². The van der Waals surface area contributed by atoms with Gasteiger partial charge in [-0.25, -0.2) is 8.78 Å². The minimum Gasteiger partial charge on any atom is -0.378 e. The number of anilines is 1. The maximum atomic E-state index is 13.7. The second-order valence-corrected chi connectivity index (χ2v) is 5.37. The first-order chi connectivity index (χ1) is 9.63. The molecule has 3 heteroatoms. The zero-order valence-corrected chi connectivity index (χ0v) is 11.4. The number of aryl methyl sites for hydroxylation is 2. The molecule has 1 N–H and O–H groups in total. The Labute approximate surface area is 117 Å². The highest BCUT2D eigenvalue weighted by molar-refractivity contribution is 5.51. The van der Waals surface area contributed by atoms with E-state index in [0.717, 1.165) is 24.6 Å². The largest absolute Gasteiger partial charge is 0.378 e. The first-order valence-electron chi connectivity index (χ1n) is 6.97. The number of benzene rings is 2. The van der Waals surface area contributed by atoms with Crippen LogP contribution in [0.3, 0.4) is 0 Å². The van der Waals surface area contributed by atoms with Crippen molar-refractivity contribution in [3.63, 3.8) is 0 Å². The van der Waals surface area contributed by atoms with Crippen molar-refractivity contribution in [1.29, 1.82) is 0 Å². The number of nitrogens with one attached hydrogen (secondary N) is 1. The Morgan fingerprint density at radius 2 is 1.80 bits per heavy atom. The standard InChI is InChI=1S/C17H17F2N/c1-11(16-10-14(18)6-8-17(16)19)20-15-7-5-12-3-2-4-13(12)9-15/h5-11,20H,2-4H2,1H3. The van der Waals surface area contributed by atoms with Crippen molar-refractivity contribution in [2.24, 2.45) is 0 Å². The molecule has 0 saturated carbocycles. The number of rotatable bonds is 3. The molecule has 1 atom stereocenters. The molecular formula is C17H17F2N. The lowest BCUT2D eigenvalue weighted by Gasteiger charge is -2.17. The topological polar surface area (TPSA) is 12.0 Å². The van der Waals surface area contributed by atoms with Crippen LogP contribution in [0.25, 0.3) is 0 Å². The van der Waals surface area contributed by atoms with Crippen LogP contribution in [0.1, 0.15) is 36.1 Å². The van der Waals surface area contributed by atoms with E-state index >= 15 is 0 Å². The molecule has 3 rings (SSSR count). The summed E-state index contributed by atoms with van der Waals surface area (Å²) in [6.45, 7) is 1.84. The Bertz CT molecular complexity index is 637. The average Bonchev–Trinajstić information content (AvgIpc) is 2.89. The summed E-state index contributed by atoms with van der Waals surface area (Å²) in [7, 11) is 0. The van der Waals surface area contributed by atoms with Gasteiger partial charge in [0.2, 0.25) is 0 Å². The molecule has 0 spiro atoms. The molecule has 2 aromatic carbocycles. The quantitative estimate of drug-likeness (QED) is 0.860. The lowest BCUT2D eigenvalue weighted by molar-refractivity contribution is 0.577. The fraction of sp³-hybridized carbons (Fsp3) is 0.294. The predicted octanol–water partition coefficient (Wildman–Crippen LogP) is 4.63. The maximum Gasteiger partial charge on any atom is 0.128 e. The molecular weight excluding hydrogens is 256 g/mol. The molecule has 1 unspecified atom stereocenters. The summed E-state index contributed by atoms with van der Waals surface area (Å²) in [6, 6.07) is 9.55. The van der Waals surface area contributed by atoms with Crippen LogP contribution < -0.4 is 5.32 Å². The van der Waals surface area contributed by atoms with Gasteiger partial charge in [0.1, 0.15) is 11.6 Å². The van der Waals surface area contributed by atoms with Gasteiger partial charge in [0.15, 0.2) is 0 Å². The second kappa shape index (κ2) is 5.23. The van der Waals surface area contributed by atoms with Crippen LogP contribution in [0.15, 0.2) is 36.4 Å². The molecule has 1 nitrogen and oxygen atoms in total. The van der Waals surface area contributed by atoms with Crippen molar-refractivity contribution in [2.75, 3.05) is 5.32 Å². The van der Waals surface area contributed by atoms with E-state index in [4.69, 9.17) is 0 Å². The zero-order valence-electron chi connectivity index (χ0n) is 11.4. The summed E-state index contributed by atoms with van der Waals surface area (Å²) >= 11 is 0. The average molecular weight is 273 g/mol. The highest BCUT2D eigenvalue weighted by Crippen LogP contribution is 2.28. The molecule has 1 aliphatic rings. The summed E-state index contributed by atoms with van der Waals surface area (Å²) in [5, 5.41) is 3.25. The van der Waals surface area contributed by atoms with Gasteiger partial charge in [0, 0.05) is 11.3 Å². The fourth-order valence-electron chi connectivity index (χ4n) is 2.84. The van der Waals surface area contributed by atoms with E-state index in [1.165, 1.54) is 29.7 Å². The van der Waals surface area contributed by atoms with Gasteiger partial charge in [-0.3, -0.25) is 0 Å². The minimum absolute atomic E-state index is 0.273. The second-order valence-electron chi connectivity index (χ2n) is 5.37. The van der Waals surface area contributed by atoms with E-state index in [1.807, 2.05) is 13.0 Å². The van der Waals surface area contributed by atoms with Crippen LogP contribution in [0, 0.1) is 11.6 Å². The highest BCUT2D eigenvalue weighted by Gasteiger charge is 2.14. The molecule has 0 saturated heterocycles. The summed E-state index contributed by atoms with van der Waals surface area (Å²) in [5.74, 6) is -0.795. The van der Waals surface area contributed by atoms with Gasteiger partial charge in [0.25, 0.3) is 0 Å². The Morgan fingerprint density at radius 3 is 2.65 bits per heavy atom. The van der Waals surface area contributed by atoms with Crippen molar-refractivity contribution >= 4 is 5.69 Å². The van der Waals surface area contributed by atoms with Crippen LogP contribution in [-0.2, 0) is 12.8 Å². The SMILES string of the molecule is CC(Nc1ccc2c(c1)CCC2)c1cc(F)ccc1F. The van der Waals surface area contributed by atoms with Crippen LogP contribution in [0.4, 0.5) is 14.5 Å². The van der Waals surface area contributed by atoms with Gasteiger partial charge in [-0.2, -0.15) is 0 Å². The van der Waals surface area contributed by atoms with Gasteiger partial charge < -0.3 is 5.32 Å². The molecule has 104 valence electrons. The van der Waals surface area contributed by atoms with Gasteiger partial charge in [-0.05, 0) is 67.6 Å². The minimum atomic E-state index is -0.413. The molecule has 0 radical (unpaired) electrons. The molecule has 20 heavy (non-hydrogen) atoms. The summed E-state index contributed by atoms with van der Waals surface area (Å²) in [4.78, 5) is 0. The maximum absolute atomic E-state index is 13.7. The van der Waals surface area contributed by atoms with E-state index in [0.29, 0.717) is 5.56 Å². The van der Waals surface area contributed by atoms with Crippen LogP contribution in [0.2, 0.25) is 0 Å². The molecule has 2 aromatic rings. The van der Waals surface area contributed by atoms with Gasteiger partial charge in [0.05, 0.1) is 6.04 Å². The Morgan fingerprint density at radius 1 is 1.00 bits per heavy atom. The number of halogens is 2. The number of fused-ring (bicyclic) bond motifs is 1.